The van der Waals surface area contributed by atoms with Gasteiger partial charge in [-0.3, -0.25) is 0 Å². The Morgan fingerprint density at radius 1 is 1.00 bits per heavy atom. The first kappa shape index (κ1) is 19.2. The van der Waals surface area contributed by atoms with Crippen molar-refractivity contribution in [3.05, 3.63) is 29.8 Å². The van der Waals surface area contributed by atoms with Gasteiger partial charge in [-0.05, 0) is 48.8 Å². The van der Waals surface area contributed by atoms with Crippen molar-refractivity contribution in [2.45, 2.75) is 77.6 Å². The standard InChI is InChI=1S/C21H32F2O/c1-3-5-16-7-11-18(12-8-16)21(23)20(22)15-24-19-13-9-17(6-4-2)10-14-19/h9-10,13-14,16,18,20-21H,3-8,11-12,15H2,1-2H3/t16?,18?,20-,21-/m1/s1. The van der Waals surface area contributed by atoms with Crippen molar-refractivity contribution < 1.29 is 13.5 Å². The van der Waals surface area contributed by atoms with Gasteiger partial charge >= 0.3 is 0 Å². The maximum absolute atomic E-state index is 14.4. The molecule has 1 aromatic carbocycles. The zero-order valence-corrected chi connectivity index (χ0v) is 15.1. The maximum atomic E-state index is 14.4. The average molecular weight is 338 g/mol. The van der Waals surface area contributed by atoms with Gasteiger partial charge in [-0.15, -0.1) is 0 Å². The van der Waals surface area contributed by atoms with Gasteiger partial charge in [0, 0.05) is 0 Å². The van der Waals surface area contributed by atoms with E-state index in [-0.39, 0.29) is 12.5 Å². The van der Waals surface area contributed by atoms with E-state index in [4.69, 9.17) is 4.74 Å². The molecule has 0 aliphatic heterocycles. The first-order valence-corrected chi connectivity index (χ1v) is 9.63. The number of rotatable bonds is 9. The van der Waals surface area contributed by atoms with Crippen LogP contribution in [0.2, 0.25) is 0 Å². The summed E-state index contributed by atoms with van der Waals surface area (Å²) in [5.74, 6) is 1.20. The molecule has 1 aliphatic carbocycles. The van der Waals surface area contributed by atoms with E-state index in [2.05, 4.69) is 13.8 Å². The van der Waals surface area contributed by atoms with E-state index in [1.165, 1.54) is 18.4 Å². The van der Waals surface area contributed by atoms with Crippen LogP contribution in [0.1, 0.15) is 64.4 Å². The van der Waals surface area contributed by atoms with Crippen molar-refractivity contribution in [2.24, 2.45) is 11.8 Å². The molecule has 1 saturated carbocycles. The molecule has 1 aromatic rings. The average Bonchev–Trinajstić information content (AvgIpc) is 2.61. The summed E-state index contributed by atoms with van der Waals surface area (Å²) in [5.41, 5.74) is 1.24. The molecule has 0 amide bonds. The molecule has 0 heterocycles. The van der Waals surface area contributed by atoms with Gasteiger partial charge in [0.1, 0.15) is 18.5 Å². The van der Waals surface area contributed by atoms with Crippen LogP contribution >= 0.6 is 0 Å². The number of alkyl halides is 2. The first-order chi connectivity index (χ1) is 11.6. The minimum absolute atomic E-state index is 0.136. The second-order valence-corrected chi connectivity index (χ2v) is 7.23. The van der Waals surface area contributed by atoms with Crippen molar-refractivity contribution in [1.82, 2.24) is 0 Å². The number of hydrogen-bond acceptors (Lipinski definition) is 1. The fourth-order valence-corrected chi connectivity index (χ4v) is 3.81. The summed E-state index contributed by atoms with van der Waals surface area (Å²) in [5, 5.41) is 0. The molecule has 0 spiro atoms. The van der Waals surface area contributed by atoms with Gasteiger partial charge in [-0.25, -0.2) is 8.78 Å². The molecule has 0 N–H and O–H groups in total. The zero-order chi connectivity index (χ0) is 17.4. The lowest BCUT2D eigenvalue weighted by molar-refractivity contribution is 0.0491. The predicted octanol–water partition coefficient (Wildman–Crippen LogP) is 6.30. The highest BCUT2D eigenvalue weighted by atomic mass is 19.2. The highest BCUT2D eigenvalue weighted by Crippen LogP contribution is 2.35. The molecule has 24 heavy (non-hydrogen) atoms. The Bertz CT molecular complexity index is 451. The Kier molecular flexibility index (Phi) is 8.01. The van der Waals surface area contributed by atoms with E-state index in [1.54, 1.807) is 0 Å². The molecule has 1 nitrogen and oxygen atoms in total. The van der Waals surface area contributed by atoms with Crippen LogP contribution in [0.15, 0.2) is 24.3 Å². The van der Waals surface area contributed by atoms with Crippen LogP contribution in [0.3, 0.4) is 0 Å². The third-order valence-electron chi connectivity index (χ3n) is 5.26. The monoisotopic (exact) mass is 338 g/mol. The van der Waals surface area contributed by atoms with Crippen LogP contribution in [0.25, 0.3) is 0 Å². The summed E-state index contributed by atoms with van der Waals surface area (Å²) in [7, 11) is 0. The SMILES string of the molecule is CCCc1ccc(OC[C@@H](F)[C@H](F)C2CCC(CCC)CC2)cc1. The van der Waals surface area contributed by atoms with Crippen molar-refractivity contribution in [1.29, 1.82) is 0 Å². The summed E-state index contributed by atoms with van der Waals surface area (Å²) in [6, 6.07) is 7.68. The van der Waals surface area contributed by atoms with Crippen molar-refractivity contribution >= 4 is 0 Å². The topological polar surface area (TPSA) is 9.23 Å². The Morgan fingerprint density at radius 2 is 1.67 bits per heavy atom. The predicted molar refractivity (Wildman–Crippen MR) is 96.1 cm³/mol. The van der Waals surface area contributed by atoms with Gasteiger partial charge in [0.15, 0.2) is 6.17 Å². The molecule has 0 unspecified atom stereocenters. The second kappa shape index (κ2) is 10.0. The molecule has 0 aromatic heterocycles. The van der Waals surface area contributed by atoms with Gasteiger partial charge in [0.25, 0.3) is 0 Å². The molecule has 0 saturated heterocycles. The third-order valence-corrected chi connectivity index (χ3v) is 5.26. The van der Waals surface area contributed by atoms with Crippen LogP contribution < -0.4 is 4.74 Å². The summed E-state index contributed by atoms with van der Waals surface area (Å²) in [4.78, 5) is 0. The number of ether oxygens (including phenoxy) is 1. The van der Waals surface area contributed by atoms with Crippen molar-refractivity contribution in [3.8, 4) is 5.75 Å². The summed E-state index contributed by atoms with van der Waals surface area (Å²) < 4.78 is 34.1. The van der Waals surface area contributed by atoms with Crippen LogP contribution in [0.4, 0.5) is 8.78 Å². The molecular formula is C21H32F2O. The quantitative estimate of drug-likeness (QED) is 0.513. The van der Waals surface area contributed by atoms with E-state index < -0.39 is 12.3 Å². The largest absolute Gasteiger partial charge is 0.490 e. The zero-order valence-electron chi connectivity index (χ0n) is 15.1. The molecule has 1 fully saturated rings. The van der Waals surface area contributed by atoms with E-state index in [0.717, 1.165) is 44.4 Å². The minimum atomic E-state index is -1.53. The first-order valence-electron chi connectivity index (χ1n) is 9.63. The molecule has 0 bridgehead atoms. The Balaban J connectivity index is 1.74. The van der Waals surface area contributed by atoms with E-state index >= 15 is 0 Å². The van der Waals surface area contributed by atoms with Gasteiger partial charge < -0.3 is 4.74 Å². The van der Waals surface area contributed by atoms with Crippen LogP contribution in [0, 0.1) is 11.8 Å². The maximum Gasteiger partial charge on any atom is 0.165 e. The minimum Gasteiger partial charge on any atom is -0.490 e. The van der Waals surface area contributed by atoms with Gasteiger partial charge in [0.2, 0.25) is 0 Å². The lowest BCUT2D eigenvalue weighted by atomic mass is 9.77. The normalized spacial score (nSPS) is 23.7. The summed E-state index contributed by atoms with van der Waals surface area (Å²) in [6.07, 6.45) is 5.33. The van der Waals surface area contributed by atoms with Gasteiger partial charge in [0.05, 0.1) is 0 Å². The van der Waals surface area contributed by atoms with Crippen molar-refractivity contribution in [3.63, 3.8) is 0 Å². The molecule has 0 radical (unpaired) electrons. The Hall–Kier alpha value is -1.12. The summed E-state index contributed by atoms with van der Waals surface area (Å²) in [6.45, 7) is 4.13. The Morgan fingerprint density at radius 3 is 2.25 bits per heavy atom. The highest BCUT2D eigenvalue weighted by molar-refractivity contribution is 5.27. The molecular weight excluding hydrogens is 306 g/mol. The Labute approximate surface area is 145 Å². The second-order valence-electron chi connectivity index (χ2n) is 7.23. The van der Waals surface area contributed by atoms with Gasteiger partial charge in [-0.2, -0.15) is 0 Å². The number of halogens is 2. The van der Waals surface area contributed by atoms with E-state index in [0.29, 0.717) is 5.75 Å². The molecule has 136 valence electrons. The van der Waals surface area contributed by atoms with E-state index in [1.807, 2.05) is 24.3 Å². The van der Waals surface area contributed by atoms with Crippen LogP contribution in [-0.2, 0) is 6.42 Å². The lowest BCUT2D eigenvalue weighted by Gasteiger charge is -2.31. The fourth-order valence-electron chi connectivity index (χ4n) is 3.81. The third kappa shape index (κ3) is 5.75. The number of hydrogen-bond donors (Lipinski definition) is 0. The molecule has 2 rings (SSSR count). The fraction of sp³-hybridized carbons (Fsp3) is 0.714. The van der Waals surface area contributed by atoms with Crippen molar-refractivity contribution in [2.75, 3.05) is 6.61 Å². The lowest BCUT2D eigenvalue weighted by Crippen LogP contribution is -2.33. The molecule has 3 heteroatoms. The van der Waals surface area contributed by atoms with Crippen LogP contribution in [-0.4, -0.2) is 19.0 Å². The highest BCUT2D eigenvalue weighted by Gasteiger charge is 2.33. The number of aryl methyl sites for hydroxylation is 1. The smallest absolute Gasteiger partial charge is 0.165 e. The van der Waals surface area contributed by atoms with Gasteiger partial charge in [-0.1, -0.05) is 58.1 Å². The number of benzene rings is 1. The molecule has 2 atom stereocenters. The summed E-state index contributed by atoms with van der Waals surface area (Å²) >= 11 is 0. The van der Waals surface area contributed by atoms with Crippen LogP contribution in [0.5, 0.6) is 5.75 Å². The van der Waals surface area contributed by atoms with E-state index in [9.17, 15) is 8.78 Å². The molecule has 1 aliphatic rings.